The van der Waals surface area contributed by atoms with Gasteiger partial charge in [0.1, 0.15) is 12.6 Å². The number of nitrogens with zero attached hydrogens (tertiary/aromatic N) is 1. The van der Waals surface area contributed by atoms with Gasteiger partial charge in [0.25, 0.3) is 0 Å². The lowest BCUT2D eigenvalue weighted by Gasteiger charge is -2.32. The van der Waals surface area contributed by atoms with Crippen LogP contribution in [-0.2, 0) is 14.3 Å². The maximum atomic E-state index is 11.7. The van der Waals surface area contributed by atoms with Crippen molar-refractivity contribution in [3.05, 3.63) is 0 Å². The van der Waals surface area contributed by atoms with E-state index in [1.165, 1.54) is 4.90 Å². The Morgan fingerprint density at radius 3 is 2.94 bits per heavy atom. The van der Waals surface area contributed by atoms with Crippen molar-refractivity contribution in [2.75, 3.05) is 31.3 Å². The third-order valence-electron chi connectivity index (χ3n) is 2.31. The van der Waals surface area contributed by atoms with E-state index in [4.69, 9.17) is 9.84 Å². The average Bonchev–Trinajstić information content (AvgIpc) is 2.29. The summed E-state index contributed by atoms with van der Waals surface area (Å²) in [6.45, 7) is 2.98. The molecule has 0 aromatic heterocycles. The van der Waals surface area contributed by atoms with E-state index in [9.17, 15) is 9.59 Å². The van der Waals surface area contributed by atoms with Gasteiger partial charge in [-0.15, -0.1) is 0 Å². The fourth-order valence-corrected chi connectivity index (χ4v) is 2.53. The molecule has 0 radical (unpaired) electrons. The summed E-state index contributed by atoms with van der Waals surface area (Å²) in [4.78, 5) is 24.1. The number of carbonyl (C=O) groups is 2. The smallest absolute Gasteiger partial charge is 0.327 e. The van der Waals surface area contributed by atoms with Crippen molar-refractivity contribution in [2.45, 2.75) is 19.4 Å². The Hall–Kier alpha value is -0.750. The van der Waals surface area contributed by atoms with E-state index in [0.29, 0.717) is 18.9 Å². The third kappa shape index (κ3) is 3.68. The van der Waals surface area contributed by atoms with E-state index >= 15 is 0 Å². The number of carbonyl (C=O) groups excluding carboxylic acids is 1. The minimum absolute atomic E-state index is 0.0116. The zero-order valence-corrected chi connectivity index (χ0v) is 10.2. The molecule has 1 N–H and O–H groups in total. The zero-order valence-electron chi connectivity index (χ0n) is 9.35. The first-order valence-corrected chi connectivity index (χ1v) is 6.50. The van der Waals surface area contributed by atoms with Crippen LogP contribution in [0.15, 0.2) is 0 Å². The molecule has 0 aliphatic carbocycles. The van der Waals surface area contributed by atoms with Gasteiger partial charge in [0.15, 0.2) is 0 Å². The van der Waals surface area contributed by atoms with Crippen LogP contribution < -0.4 is 0 Å². The Bertz CT molecular complexity index is 259. The van der Waals surface area contributed by atoms with Gasteiger partial charge in [0.2, 0.25) is 5.91 Å². The molecule has 1 aliphatic heterocycles. The van der Waals surface area contributed by atoms with Crippen LogP contribution in [0.2, 0.25) is 0 Å². The molecule has 0 spiro atoms. The summed E-state index contributed by atoms with van der Waals surface area (Å²) in [7, 11) is 0. The van der Waals surface area contributed by atoms with Crippen LogP contribution in [0.25, 0.3) is 0 Å². The number of rotatable bonds is 5. The first kappa shape index (κ1) is 13.3. The van der Waals surface area contributed by atoms with Gasteiger partial charge in [-0.3, -0.25) is 4.79 Å². The van der Waals surface area contributed by atoms with Crippen LogP contribution in [0, 0.1) is 0 Å². The number of ether oxygens (including phenoxy) is 1. The SMILES string of the molecule is CCCOCC(=O)N1CCSCC1C(=O)O. The molecule has 6 heteroatoms. The van der Waals surface area contributed by atoms with Crippen molar-refractivity contribution in [1.29, 1.82) is 0 Å². The Kier molecular flexibility index (Phi) is 5.62. The molecular weight excluding hydrogens is 230 g/mol. The molecule has 1 rings (SSSR count). The van der Waals surface area contributed by atoms with Gasteiger partial charge in [0, 0.05) is 24.7 Å². The minimum Gasteiger partial charge on any atom is -0.480 e. The predicted molar refractivity (Wildman–Crippen MR) is 61.6 cm³/mol. The Labute approximate surface area is 99.1 Å². The van der Waals surface area contributed by atoms with Crippen molar-refractivity contribution in [3.63, 3.8) is 0 Å². The second kappa shape index (κ2) is 6.75. The highest BCUT2D eigenvalue weighted by Gasteiger charge is 2.31. The van der Waals surface area contributed by atoms with Crippen LogP contribution in [0.4, 0.5) is 0 Å². The quantitative estimate of drug-likeness (QED) is 0.714. The maximum absolute atomic E-state index is 11.7. The van der Waals surface area contributed by atoms with Crippen LogP contribution in [0.5, 0.6) is 0 Å². The second-order valence-corrected chi connectivity index (χ2v) is 4.72. The second-order valence-electron chi connectivity index (χ2n) is 3.57. The summed E-state index contributed by atoms with van der Waals surface area (Å²) < 4.78 is 5.13. The van der Waals surface area contributed by atoms with Gasteiger partial charge in [-0.05, 0) is 6.42 Å². The van der Waals surface area contributed by atoms with E-state index in [1.54, 1.807) is 11.8 Å². The van der Waals surface area contributed by atoms with Crippen LogP contribution in [0.3, 0.4) is 0 Å². The molecule has 1 aliphatic rings. The van der Waals surface area contributed by atoms with Gasteiger partial charge in [-0.25, -0.2) is 4.79 Å². The van der Waals surface area contributed by atoms with Gasteiger partial charge in [-0.1, -0.05) is 6.92 Å². The van der Waals surface area contributed by atoms with E-state index in [0.717, 1.165) is 12.2 Å². The van der Waals surface area contributed by atoms with Crippen molar-refractivity contribution < 1.29 is 19.4 Å². The molecule has 1 amide bonds. The molecule has 1 saturated heterocycles. The van der Waals surface area contributed by atoms with Gasteiger partial charge < -0.3 is 14.7 Å². The Morgan fingerprint density at radius 2 is 2.31 bits per heavy atom. The Morgan fingerprint density at radius 1 is 1.56 bits per heavy atom. The number of carboxylic acid groups (broad SMARTS) is 1. The summed E-state index contributed by atoms with van der Waals surface area (Å²) in [5.74, 6) is 0.107. The van der Waals surface area contributed by atoms with E-state index in [-0.39, 0.29) is 12.5 Å². The summed E-state index contributed by atoms with van der Waals surface area (Å²) in [6, 6.07) is -0.698. The van der Waals surface area contributed by atoms with E-state index < -0.39 is 12.0 Å². The molecule has 1 heterocycles. The highest BCUT2D eigenvalue weighted by molar-refractivity contribution is 7.99. The molecule has 0 aromatic rings. The molecular formula is C10H17NO4S. The first-order valence-electron chi connectivity index (χ1n) is 5.34. The Balaban J connectivity index is 2.47. The van der Waals surface area contributed by atoms with Crippen molar-refractivity contribution >= 4 is 23.6 Å². The highest BCUT2D eigenvalue weighted by Crippen LogP contribution is 2.16. The molecule has 1 atom stereocenters. The molecule has 1 fully saturated rings. The van der Waals surface area contributed by atoms with Gasteiger partial charge >= 0.3 is 5.97 Å². The molecule has 92 valence electrons. The molecule has 0 saturated carbocycles. The van der Waals surface area contributed by atoms with Gasteiger partial charge in [0.05, 0.1) is 0 Å². The fraction of sp³-hybridized carbons (Fsp3) is 0.800. The number of hydrogen-bond donors (Lipinski definition) is 1. The highest BCUT2D eigenvalue weighted by atomic mass is 32.2. The van der Waals surface area contributed by atoms with Crippen LogP contribution in [-0.4, -0.2) is 59.2 Å². The lowest BCUT2D eigenvalue weighted by molar-refractivity contribution is -0.151. The van der Waals surface area contributed by atoms with Crippen molar-refractivity contribution in [1.82, 2.24) is 4.90 Å². The van der Waals surface area contributed by atoms with Crippen LogP contribution in [0.1, 0.15) is 13.3 Å². The lowest BCUT2D eigenvalue weighted by atomic mass is 10.2. The summed E-state index contributed by atoms with van der Waals surface area (Å²) in [5.41, 5.74) is 0. The van der Waals surface area contributed by atoms with Crippen LogP contribution >= 0.6 is 11.8 Å². The standard InChI is InChI=1S/C10H17NO4S/c1-2-4-15-6-9(12)11-3-5-16-7-8(11)10(13)14/h8H,2-7H2,1H3,(H,13,14). The fourth-order valence-electron chi connectivity index (χ4n) is 1.49. The van der Waals surface area contributed by atoms with Gasteiger partial charge in [-0.2, -0.15) is 11.8 Å². The summed E-state index contributed by atoms with van der Waals surface area (Å²) >= 11 is 1.57. The number of carboxylic acids is 1. The van der Waals surface area contributed by atoms with E-state index in [1.807, 2.05) is 6.92 Å². The monoisotopic (exact) mass is 247 g/mol. The number of thioether (sulfide) groups is 1. The molecule has 5 nitrogen and oxygen atoms in total. The topological polar surface area (TPSA) is 66.8 Å². The normalized spacial score (nSPS) is 20.8. The molecule has 1 unspecified atom stereocenters. The maximum Gasteiger partial charge on any atom is 0.327 e. The number of amides is 1. The third-order valence-corrected chi connectivity index (χ3v) is 3.33. The number of hydrogen-bond acceptors (Lipinski definition) is 4. The summed E-state index contributed by atoms with van der Waals surface area (Å²) in [5, 5.41) is 8.98. The zero-order chi connectivity index (χ0) is 12.0. The predicted octanol–water partition coefficient (Wildman–Crippen LogP) is 0.442. The number of aliphatic carboxylic acids is 1. The first-order chi connectivity index (χ1) is 7.66. The molecule has 0 aromatic carbocycles. The summed E-state index contributed by atoms with van der Waals surface area (Å²) in [6.07, 6.45) is 0.853. The lowest BCUT2D eigenvalue weighted by Crippen LogP contribution is -2.51. The molecule has 0 bridgehead atoms. The average molecular weight is 247 g/mol. The van der Waals surface area contributed by atoms with Crippen molar-refractivity contribution in [3.8, 4) is 0 Å². The largest absolute Gasteiger partial charge is 0.480 e. The van der Waals surface area contributed by atoms with Crippen molar-refractivity contribution in [2.24, 2.45) is 0 Å². The molecule has 16 heavy (non-hydrogen) atoms. The minimum atomic E-state index is -0.934. The van der Waals surface area contributed by atoms with E-state index in [2.05, 4.69) is 0 Å².